The maximum absolute atomic E-state index is 13.0. The molecule has 1 saturated heterocycles. The van der Waals surface area contributed by atoms with Gasteiger partial charge in [0.2, 0.25) is 0 Å². The highest BCUT2D eigenvalue weighted by Crippen LogP contribution is 2.44. The van der Waals surface area contributed by atoms with Crippen LogP contribution >= 0.6 is 27.3 Å². The molecule has 1 amide bonds. The number of piperidine rings is 1. The number of Topliss-reactive ketones (excluding diaryl/α,β-unsaturated/α-hetero) is 1. The van der Waals surface area contributed by atoms with Crippen LogP contribution in [0.1, 0.15) is 39.1 Å². The van der Waals surface area contributed by atoms with E-state index in [-0.39, 0.29) is 17.1 Å². The van der Waals surface area contributed by atoms with Gasteiger partial charge in [0.05, 0.1) is 0 Å². The van der Waals surface area contributed by atoms with Gasteiger partial charge in [-0.3, -0.25) is 9.59 Å². The van der Waals surface area contributed by atoms with E-state index in [1.54, 1.807) is 11.3 Å². The van der Waals surface area contributed by atoms with Crippen molar-refractivity contribution >= 4 is 49.0 Å². The molecular formula is C22H18BrNO2S. The molecule has 27 heavy (non-hydrogen) atoms. The quantitative estimate of drug-likeness (QED) is 0.513. The van der Waals surface area contributed by atoms with E-state index in [1.165, 1.54) is 4.70 Å². The number of hydrogen-bond donors (Lipinski definition) is 0. The molecule has 1 aliphatic carbocycles. The summed E-state index contributed by atoms with van der Waals surface area (Å²) in [5.41, 5.74) is 2.46. The molecule has 136 valence electrons. The Kier molecular flexibility index (Phi) is 3.99. The van der Waals surface area contributed by atoms with Gasteiger partial charge >= 0.3 is 0 Å². The minimum Gasteiger partial charge on any atom is -0.339 e. The third kappa shape index (κ3) is 2.67. The van der Waals surface area contributed by atoms with E-state index in [2.05, 4.69) is 22.0 Å². The maximum Gasteiger partial charge on any atom is 0.253 e. The fraction of sp³-hybridized carbons (Fsp3) is 0.273. The van der Waals surface area contributed by atoms with Crippen molar-refractivity contribution in [3.63, 3.8) is 0 Å². The van der Waals surface area contributed by atoms with Gasteiger partial charge in [0.1, 0.15) is 0 Å². The lowest BCUT2D eigenvalue weighted by Gasteiger charge is -2.38. The van der Waals surface area contributed by atoms with Gasteiger partial charge in [-0.1, -0.05) is 24.3 Å². The molecule has 0 atom stereocenters. The topological polar surface area (TPSA) is 37.4 Å². The standard InChI is InChI=1S/C22H18BrNO2S/c23-18-13-27-19-6-5-14(11-17(18)19)21(26)24-9-7-22(8-10-24)12-15-3-1-2-4-16(15)20(22)25/h1-6,11,13H,7-10,12H2. The van der Waals surface area contributed by atoms with E-state index < -0.39 is 0 Å². The third-order valence-electron chi connectivity index (χ3n) is 6.05. The smallest absolute Gasteiger partial charge is 0.253 e. The summed E-state index contributed by atoms with van der Waals surface area (Å²) in [5, 5.41) is 3.13. The Balaban J connectivity index is 1.35. The molecule has 0 saturated carbocycles. The SMILES string of the molecule is O=C(c1ccc2scc(Br)c2c1)N1CCC2(CC1)Cc1ccccc1C2=O. The first-order valence-electron chi connectivity index (χ1n) is 9.16. The lowest BCUT2D eigenvalue weighted by atomic mass is 9.75. The molecule has 2 heterocycles. The highest BCUT2D eigenvalue weighted by Gasteiger charge is 2.47. The van der Waals surface area contributed by atoms with Crippen LogP contribution < -0.4 is 0 Å². The number of amides is 1. The van der Waals surface area contributed by atoms with Crippen molar-refractivity contribution in [1.82, 2.24) is 4.90 Å². The second kappa shape index (κ2) is 6.28. The number of nitrogens with zero attached hydrogens (tertiary/aromatic N) is 1. The van der Waals surface area contributed by atoms with Crippen LogP contribution in [0.25, 0.3) is 10.1 Å². The van der Waals surface area contributed by atoms with Crippen molar-refractivity contribution in [2.45, 2.75) is 19.3 Å². The van der Waals surface area contributed by atoms with E-state index in [4.69, 9.17) is 0 Å². The Morgan fingerprint density at radius 2 is 1.89 bits per heavy atom. The average Bonchev–Trinajstić information content (AvgIpc) is 3.20. The minimum absolute atomic E-state index is 0.0628. The maximum atomic E-state index is 13.0. The highest BCUT2D eigenvalue weighted by atomic mass is 79.9. The van der Waals surface area contributed by atoms with Crippen LogP contribution in [-0.2, 0) is 6.42 Å². The zero-order valence-corrected chi connectivity index (χ0v) is 17.1. The van der Waals surface area contributed by atoms with Crippen LogP contribution in [0.15, 0.2) is 52.3 Å². The molecule has 1 aliphatic heterocycles. The molecule has 1 fully saturated rings. The number of halogens is 1. The number of carbonyl (C=O) groups excluding carboxylic acids is 2. The summed E-state index contributed by atoms with van der Waals surface area (Å²) in [7, 11) is 0. The molecule has 0 N–H and O–H groups in total. The Morgan fingerprint density at radius 1 is 1.11 bits per heavy atom. The van der Waals surface area contributed by atoms with Gasteiger partial charge in [0.15, 0.2) is 5.78 Å². The van der Waals surface area contributed by atoms with Crippen molar-refractivity contribution in [1.29, 1.82) is 0 Å². The molecule has 2 aliphatic rings. The summed E-state index contributed by atoms with van der Waals surface area (Å²) in [6.45, 7) is 1.28. The van der Waals surface area contributed by atoms with Crippen LogP contribution in [0.2, 0.25) is 0 Å². The van der Waals surface area contributed by atoms with Crippen molar-refractivity contribution in [3.8, 4) is 0 Å². The van der Waals surface area contributed by atoms with Crippen LogP contribution in [0.3, 0.4) is 0 Å². The van der Waals surface area contributed by atoms with Crippen molar-refractivity contribution in [2.75, 3.05) is 13.1 Å². The molecule has 5 heteroatoms. The first-order chi connectivity index (χ1) is 13.1. The molecule has 3 aromatic rings. The number of hydrogen-bond acceptors (Lipinski definition) is 3. The lowest BCUT2D eigenvalue weighted by molar-refractivity contribution is 0.0517. The van der Waals surface area contributed by atoms with Gasteiger partial charge in [-0.25, -0.2) is 0 Å². The number of ketones is 1. The van der Waals surface area contributed by atoms with Crippen LogP contribution in [0.4, 0.5) is 0 Å². The highest BCUT2D eigenvalue weighted by molar-refractivity contribution is 9.10. The average molecular weight is 440 g/mol. The Morgan fingerprint density at radius 3 is 2.67 bits per heavy atom. The van der Waals surface area contributed by atoms with E-state index >= 15 is 0 Å². The van der Waals surface area contributed by atoms with E-state index in [0.717, 1.165) is 45.8 Å². The first kappa shape index (κ1) is 17.1. The third-order valence-corrected chi connectivity index (χ3v) is 7.98. The largest absolute Gasteiger partial charge is 0.339 e. The van der Waals surface area contributed by atoms with Gasteiger partial charge in [0.25, 0.3) is 5.91 Å². The molecule has 1 aromatic heterocycles. The van der Waals surface area contributed by atoms with Gasteiger partial charge in [-0.05, 0) is 59.0 Å². The normalized spacial score (nSPS) is 18.3. The Hall–Kier alpha value is -1.98. The molecular weight excluding hydrogens is 422 g/mol. The fourth-order valence-corrected chi connectivity index (χ4v) is 6.02. The van der Waals surface area contributed by atoms with Crippen molar-refractivity contribution in [3.05, 3.63) is 69.0 Å². The molecule has 0 unspecified atom stereocenters. The van der Waals surface area contributed by atoms with Gasteiger partial charge < -0.3 is 4.90 Å². The predicted octanol–water partition coefficient (Wildman–Crippen LogP) is 5.33. The van der Waals surface area contributed by atoms with Gasteiger partial charge in [0, 0.05) is 49.6 Å². The Bertz CT molecular complexity index is 1080. The lowest BCUT2D eigenvalue weighted by Crippen LogP contribution is -2.45. The molecule has 1 spiro atoms. The summed E-state index contributed by atoms with van der Waals surface area (Å²) in [5.74, 6) is 0.335. The monoisotopic (exact) mass is 439 g/mol. The first-order valence-corrected chi connectivity index (χ1v) is 10.8. The molecule has 0 bridgehead atoms. The fourth-order valence-electron chi connectivity index (χ4n) is 4.48. The molecule has 2 aromatic carbocycles. The summed E-state index contributed by atoms with van der Waals surface area (Å²) >= 11 is 5.22. The minimum atomic E-state index is -0.305. The van der Waals surface area contributed by atoms with Crippen molar-refractivity contribution in [2.24, 2.45) is 5.41 Å². The molecule has 3 nitrogen and oxygen atoms in total. The molecule has 5 rings (SSSR count). The number of carbonyl (C=O) groups is 2. The van der Waals surface area contributed by atoms with E-state index in [0.29, 0.717) is 13.1 Å². The zero-order chi connectivity index (χ0) is 18.6. The summed E-state index contributed by atoms with van der Waals surface area (Å²) in [6.07, 6.45) is 2.31. The summed E-state index contributed by atoms with van der Waals surface area (Å²) < 4.78 is 2.20. The van der Waals surface area contributed by atoms with Gasteiger partial charge in [-0.15, -0.1) is 11.3 Å². The zero-order valence-electron chi connectivity index (χ0n) is 14.7. The number of rotatable bonds is 1. The molecule has 0 radical (unpaired) electrons. The van der Waals surface area contributed by atoms with Crippen LogP contribution in [-0.4, -0.2) is 29.7 Å². The van der Waals surface area contributed by atoms with Crippen LogP contribution in [0.5, 0.6) is 0 Å². The van der Waals surface area contributed by atoms with Gasteiger partial charge in [-0.2, -0.15) is 0 Å². The number of benzene rings is 2. The second-order valence-electron chi connectivity index (χ2n) is 7.53. The number of fused-ring (bicyclic) bond motifs is 2. The predicted molar refractivity (Wildman–Crippen MR) is 112 cm³/mol. The number of thiophene rings is 1. The number of likely N-dealkylation sites (tertiary alicyclic amines) is 1. The van der Waals surface area contributed by atoms with Crippen LogP contribution in [0, 0.1) is 5.41 Å². The second-order valence-corrected chi connectivity index (χ2v) is 9.30. The Labute approximate surface area is 170 Å². The van der Waals surface area contributed by atoms with E-state index in [9.17, 15) is 9.59 Å². The van der Waals surface area contributed by atoms with E-state index in [1.807, 2.05) is 46.7 Å². The summed E-state index contributed by atoms with van der Waals surface area (Å²) in [4.78, 5) is 27.9. The van der Waals surface area contributed by atoms with Crippen molar-refractivity contribution < 1.29 is 9.59 Å². The summed E-state index contributed by atoms with van der Waals surface area (Å²) in [6, 6.07) is 13.8.